The number of carbonyl (C=O) groups is 1. The lowest BCUT2D eigenvalue weighted by molar-refractivity contribution is -0.129. The van der Waals surface area contributed by atoms with Gasteiger partial charge in [-0.25, -0.2) is 0 Å². The summed E-state index contributed by atoms with van der Waals surface area (Å²) in [6.07, 6.45) is 1.67. The highest BCUT2D eigenvalue weighted by Gasteiger charge is 2.11. The van der Waals surface area contributed by atoms with Crippen molar-refractivity contribution in [2.24, 2.45) is 0 Å². The van der Waals surface area contributed by atoms with Gasteiger partial charge in [-0.2, -0.15) is 0 Å². The molecule has 11 heavy (non-hydrogen) atoms. The number of aliphatic hydroxyl groups excluding tert-OH is 1. The van der Waals surface area contributed by atoms with E-state index in [1.807, 2.05) is 13.8 Å². The summed E-state index contributed by atoms with van der Waals surface area (Å²) in [4.78, 5) is 10.9. The van der Waals surface area contributed by atoms with Gasteiger partial charge in [0.25, 0.3) is 0 Å². The van der Waals surface area contributed by atoms with Crippen LogP contribution < -0.4 is 5.32 Å². The average molecular weight is 159 g/mol. The number of hydrogen-bond acceptors (Lipinski definition) is 2. The molecule has 0 spiro atoms. The summed E-state index contributed by atoms with van der Waals surface area (Å²) < 4.78 is 0. The van der Waals surface area contributed by atoms with Gasteiger partial charge in [0.2, 0.25) is 5.91 Å². The molecule has 0 aliphatic rings. The molecule has 66 valence electrons. The van der Waals surface area contributed by atoms with Crippen molar-refractivity contribution in [2.45, 2.75) is 39.2 Å². The van der Waals surface area contributed by atoms with Crippen LogP contribution in [-0.4, -0.2) is 23.7 Å². The van der Waals surface area contributed by atoms with Gasteiger partial charge >= 0.3 is 0 Å². The van der Waals surface area contributed by atoms with E-state index in [2.05, 4.69) is 5.32 Å². The molecule has 0 heterocycles. The highest BCUT2D eigenvalue weighted by Crippen LogP contribution is 1.99. The molecule has 3 nitrogen and oxygen atoms in total. The zero-order valence-electron chi connectivity index (χ0n) is 7.26. The maximum absolute atomic E-state index is 10.9. The number of hydrogen-bond donors (Lipinski definition) is 2. The molecule has 0 saturated heterocycles. The van der Waals surface area contributed by atoms with Gasteiger partial charge in [0.1, 0.15) is 6.10 Å². The Kier molecular flexibility index (Phi) is 5.84. The van der Waals surface area contributed by atoms with Gasteiger partial charge in [-0.15, -0.1) is 0 Å². The van der Waals surface area contributed by atoms with Gasteiger partial charge in [-0.1, -0.05) is 19.8 Å². The molecule has 0 aromatic carbocycles. The molecule has 0 aromatic heterocycles. The lowest BCUT2D eigenvalue weighted by Crippen LogP contribution is -2.34. The van der Waals surface area contributed by atoms with Crippen LogP contribution in [0.25, 0.3) is 0 Å². The Hall–Kier alpha value is -0.570. The predicted octanol–water partition coefficient (Wildman–Crippen LogP) is 0.674. The smallest absolute Gasteiger partial charge is 0.248 e. The van der Waals surface area contributed by atoms with Gasteiger partial charge < -0.3 is 10.4 Å². The standard InChI is InChI=1S/C8H17NO2/c1-3-5-6-7(10)8(11)9-4-2/h7,10H,3-6H2,1-2H3,(H,9,11). The number of aliphatic hydroxyl groups is 1. The Balaban J connectivity index is 3.46. The Morgan fingerprint density at radius 3 is 2.64 bits per heavy atom. The number of likely N-dealkylation sites (N-methyl/N-ethyl adjacent to an activating group) is 1. The van der Waals surface area contributed by atoms with Crippen molar-refractivity contribution in [3.63, 3.8) is 0 Å². The number of carbonyl (C=O) groups excluding carboxylic acids is 1. The predicted molar refractivity (Wildman–Crippen MR) is 44.2 cm³/mol. The fourth-order valence-corrected chi connectivity index (χ4v) is 0.821. The van der Waals surface area contributed by atoms with Gasteiger partial charge in [0.05, 0.1) is 0 Å². The van der Waals surface area contributed by atoms with Crippen molar-refractivity contribution in [1.29, 1.82) is 0 Å². The number of amides is 1. The third-order valence-electron chi connectivity index (χ3n) is 1.48. The molecule has 1 atom stereocenters. The summed E-state index contributed by atoms with van der Waals surface area (Å²) >= 11 is 0. The summed E-state index contributed by atoms with van der Waals surface area (Å²) in [6.45, 7) is 4.46. The summed E-state index contributed by atoms with van der Waals surface area (Å²) in [5.41, 5.74) is 0. The zero-order valence-corrected chi connectivity index (χ0v) is 7.26. The lowest BCUT2D eigenvalue weighted by atomic mass is 10.1. The van der Waals surface area contributed by atoms with E-state index in [-0.39, 0.29) is 5.91 Å². The van der Waals surface area contributed by atoms with Crippen molar-refractivity contribution in [1.82, 2.24) is 5.32 Å². The fraction of sp³-hybridized carbons (Fsp3) is 0.875. The second-order valence-electron chi connectivity index (χ2n) is 2.55. The third kappa shape index (κ3) is 4.79. The molecule has 0 rings (SSSR count). The molecule has 2 N–H and O–H groups in total. The van der Waals surface area contributed by atoms with Gasteiger partial charge in [-0.3, -0.25) is 4.79 Å². The van der Waals surface area contributed by atoms with Crippen molar-refractivity contribution in [3.05, 3.63) is 0 Å². The molecule has 0 aromatic rings. The van der Waals surface area contributed by atoms with Gasteiger partial charge in [0, 0.05) is 6.54 Å². The lowest BCUT2D eigenvalue weighted by Gasteiger charge is -2.08. The van der Waals surface area contributed by atoms with E-state index in [4.69, 9.17) is 5.11 Å². The molecule has 0 radical (unpaired) electrons. The molecule has 0 fully saturated rings. The second kappa shape index (κ2) is 6.16. The van der Waals surface area contributed by atoms with E-state index >= 15 is 0 Å². The minimum atomic E-state index is -0.810. The minimum Gasteiger partial charge on any atom is -0.383 e. The SMILES string of the molecule is CCCCC(O)C(=O)NCC. The first-order valence-corrected chi connectivity index (χ1v) is 4.18. The van der Waals surface area contributed by atoms with E-state index in [1.54, 1.807) is 0 Å². The fourth-order valence-electron chi connectivity index (χ4n) is 0.821. The molecular weight excluding hydrogens is 142 g/mol. The monoisotopic (exact) mass is 159 g/mol. The van der Waals surface area contributed by atoms with E-state index in [9.17, 15) is 4.79 Å². The first-order valence-electron chi connectivity index (χ1n) is 4.18. The molecule has 0 aliphatic heterocycles. The van der Waals surface area contributed by atoms with Crippen molar-refractivity contribution in [2.75, 3.05) is 6.54 Å². The Bertz CT molecular complexity index is 115. The van der Waals surface area contributed by atoms with Gasteiger partial charge in [0.15, 0.2) is 0 Å². The quantitative estimate of drug-likeness (QED) is 0.619. The Morgan fingerprint density at radius 2 is 2.18 bits per heavy atom. The van der Waals surface area contributed by atoms with E-state index in [0.29, 0.717) is 13.0 Å². The summed E-state index contributed by atoms with van der Waals surface area (Å²) in [5, 5.41) is 11.7. The first-order chi connectivity index (χ1) is 5.22. The van der Waals surface area contributed by atoms with E-state index in [1.165, 1.54) is 0 Å². The highest BCUT2D eigenvalue weighted by atomic mass is 16.3. The molecule has 0 bridgehead atoms. The highest BCUT2D eigenvalue weighted by molar-refractivity contribution is 5.80. The van der Waals surface area contributed by atoms with E-state index in [0.717, 1.165) is 12.8 Å². The number of nitrogens with one attached hydrogen (secondary N) is 1. The van der Waals surface area contributed by atoms with Crippen molar-refractivity contribution in [3.8, 4) is 0 Å². The van der Waals surface area contributed by atoms with Crippen LogP contribution in [0.3, 0.4) is 0 Å². The average Bonchev–Trinajstić information content (AvgIpc) is 2.00. The topological polar surface area (TPSA) is 49.3 Å². The second-order valence-corrected chi connectivity index (χ2v) is 2.55. The van der Waals surface area contributed by atoms with Crippen LogP contribution in [0, 0.1) is 0 Å². The Labute approximate surface area is 67.8 Å². The molecule has 1 amide bonds. The maximum Gasteiger partial charge on any atom is 0.248 e. The van der Waals surface area contributed by atoms with Crippen LogP contribution in [0.4, 0.5) is 0 Å². The maximum atomic E-state index is 10.9. The van der Waals surface area contributed by atoms with Gasteiger partial charge in [-0.05, 0) is 13.3 Å². The van der Waals surface area contributed by atoms with Crippen LogP contribution in [-0.2, 0) is 4.79 Å². The number of rotatable bonds is 5. The zero-order chi connectivity index (χ0) is 8.69. The van der Waals surface area contributed by atoms with Crippen LogP contribution in [0.5, 0.6) is 0 Å². The minimum absolute atomic E-state index is 0.249. The summed E-state index contributed by atoms with van der Waals surface area (Å²) in [5.74, 6) is -0.249. The van der Waals surface area contributed by atoms with Crippen LogP contribution in [0.1, 0.15) is 33.1 Å². The number of unbranched alkanes of at least 4 members (excludes halogenated alkanes) is 1. The molecule has 0 saturated carbocycles. The van der Waals surface area contributed by atoms with Crippen molar-refractivity contribution >= 4 is 5.91 Å². The van der Waals surface area contributed by atoms with Crippen molar-refractivity contribution < 1.29 is 9.90 Å². The molecule has 1 unspecified atom stereocenters. The summed E-state index contributed by atoms with van der Waals surface area (Å²) in [7, 11) is 0. The first kappa shape index (κ1) is 10.4. The van der Waals surface area contributed by atoms with Crippen LogP contribution in [0.2, 0.25) is 0 Å². The van der Waals surface area contributed by atoms with Crippen LogP contribution >= 0.6 is 0 Å². The summed E-state index contributed by atoms with van der Waals surface area (Å²) in [6, 6.07) is 0. The van der Waals surface area contributed by atoms with E-state index < -0.39 is 6.10 Å². The molecule has 0 aliphatic carbocycles. The normalized spacial score (nSPS) is 12.6. The largest absolute Gasteiger partial charge is 0.383 e. The third-order valence-corrected chi connectivity index (χ3v) is 1.48. The Morgan fingerprint density at radius 1 is 1.55 bits per heavy atom. The van der Waals surface area contributed by atoms with Crippen LogP contribution in [0.15, 0.2) is 0 Å². The molecule has 3 heteroatoms. The molecular formula is C8H17NO2.